The highest BCUT2D eigenvalue weighted by atomic mass is 32.2. The molecule has 10 heteroatoms. The van der Waals surface area contributed by atoms with Crippen molar-refractivity contribution in [1.29, 1.82) is 0 Å². The van der Waals surface area contributed by atoms with Gasteiger partial charge in [0.2, 0.25) is 0 Å². The van der Waals surface area contributed by atoms with E-state index >= 15 is 0 Å². The minimum atomic E-state index is -4.30. The van der Waals surface area contributed by atoms with Crippen molar-refractivity contribution in [2.24, 2.45) is 0 Å². The molecule has 2 rings (SSSR count). The maximum Gasteiger partial charge on any atom is 0.289 e. The number of ether oxygens (including phenoxy) is 1. The lowest BCUT2D eigenvalue weighted by Gasteiger charge is -2.10. The number of amides is 1. The van der Waals surface area contributed by atoms with Gasteiger partial charge < -0.3 is 4.74 Å². The number of carbonyl (C=O) groups is 1. The van der Waals surface area contributed by atoms with E-state index in [0.29, 0.717) is 5.75 Å². The number of sulfonamides is 1. The number of rotatable bonds is 7. The smallest absolute Gasteiger partial charge is 0.289 e. The predicted molar refractivity (Wildman–Crippen MR) is 88.2 cm³/mol. The summed E-state index contributed by atoms with van der Waals surface area (Å²) >= 11 is 0. The monoisotopic (exact) mass is 365 g/mol. The lowest BCUT2D eigenvalue weighted by Crippen LogP contribution is -2.43. The maximum atomic E-state index is 12.1. The number of nitro groups is 1. The molecule has 2 aromatic rings. The van der Waals surface area contributed by atoms with E-state index in [9.17, 15) is 23.3 Å². The van der Waals surface area contributed by atoms with Crippen LogP contribution in [0.4, 0.5) is 5.69 Å². The second-order valence-electron chi connectivity index (χ2n) is 4.98. The summed E-state index contributed by atoms with van der Waals surface area (Å²) in [4.78, 5) is 23.0. The molecule has 0 aliphatic heterocycles. The van der Waals surface area contributed by atoms with Gasteiger partial charge in [0.1, 0.15) is 5.75 Å². The van der Waals surface area contributed by atoms with Crippen molar-refractivity contribution in [3.05, 3.63) is 64.2 Å². The third-order valence-corrected chi connectivity index (χ3v) is 4.36. The Bertz CT molecular complexity index is 880. The molecule has 0 saturated heterocycles. The second kappa shape index (κ2) is 7.73. The first-order valence-corrected chi connectivity index (χ1v) is 8.51. The maximum absolute atomic E-state index is 12.1. The van der Waals surface area contributed by atoms with Crippen LogP contribution in [-0.2, 0) is 14.8 Å². The molecule has 0 aliphatic rings. The summed E-state index contributed by atoms with van der Waals surface area (Å²) in [7, 11) is -4.30. The third-order valence-electron chi connectivity index (χ3n) is 3.07. The van der Waals surface area contributed by atoms with Crippen molar-refractivity contribution in [2.45, 2.75) is 11.8 Å². The summed E-state index contributed by atoms with van der Waals surface area (Å²) in [5, 5.41) is 10.9. The van der Waals surface area contributed by atoms with Gasteiger partial charge in [-0.3, -0.25) is 20.3 Å². The van der Waals surface area contributed by atoms with Gasteiger partial charge in [-0.2, -0.15) is 0 Å². The number of aryl methyl sites for hydroxylation is 1. The van der Waals surface area contributed by atoms with Gasteiger partial charge in [0.05, 0.1) is 4.92 Å². The van der Waals surface area contributed by atoms with E-state index in [1.807, 2.05) is 12.3 Å². The fourth-order valence-electron chi connectivity index (χ4n) is 1.83. The van der Waals surface area contributed by atoms with E-state index in [1.165, 1.54) is 12.1 Å². The standard InChI is InChI=1S/C15H15N3O6S/c1-11-6-8-12(9-7-11)24-10-15(19)16-17-25(22,23)14-5-3-2-4-13(14)18(20)21/h2-9,17H,10H2,1H3,(H,16,19). The van der Waals surface area contributed by atoms with Crippen molar-refractivity contribution in [3.8, 4) is 5.75 Å². The van der Waals surface area contributed by atoms with Crippen LogP contribution in [0.1, 0.15) is 5.56 Å². The Balaban J connectivity index is 1.96. The molecule has 0 unspecified atom stereocenters. The van der Waals surface area contributed by atoms with E-state index in [1.54, 1.807) is 29.1 Å². The number of nitro benzene ring substituents is 1. The summed E-state index contributed by atoms with van der Waals surface area (Å²) in [6.07, 6.45) is 0. The largest absolute Gasteiger partial charge is 0.484 e. The number of nitrogens with one attached hydrogen (secondary N) is 2. The van der Waals surface area contributed by atoms with Gasteiger partial charge in [-0.15, -0.1) is 4.83 Å². The van der Waals surface area contributed by atoms with E-state index in [2.05, 4.69) is 0 Å². The van der Waals surface area contributed by atoms with Crippen molar-refractivity contribution in [2.75, 3.05) is 6.61 Å². The SMILES string of the molecule is Cc1ccc(OCC(=O)NNS(=O)(=O)c2ccccc2[N+](=O)[O-])cc1. The number of hydrogen-bond donors (Lipinski definition) is 2. The molecule has 0 fully saturated rings. The predicted octanol–water partition coefficient (Wildman–Crippen LogP) is 1.29. The van der Waals surface area contributed by atoms with Crippen LogP contribution in [-0.4, -0.2) is 25.9 Å². The van der Waals surface area contributed by atoms with Crippen LogP contribution in [0.15, 0.2) is 53.4 Å². The first-order valence-electron chi connectivity index (χ1n) is 7.03. The molecule has 132 valence electrons. The van der Waals surface area contributed by atoms with Crippen LogP contribution in [0.3, 0.4) is 0 Å². The van der Waals surface area contributed by atoms with Gasteiger partial charge in [0.25, 0.3) is 21.6 Å². The molecule has 0 aliphatic carbocycles. The molecule has 0 heterocycles. The van der Waals surface area contributed by atoms with Gasteiger partial charge in [-0.25, -0.2) is 8.42 Å². The highest BCUT2D eigenvalue weighted by Gasteiger charge is 2.25. The Kier molecular flexibility index (Phi) is 5.67. The molecule has 0 radical (unpaired) electrons. The zero-order valence-corrected chi connectivity index (χ0v) is 13.9. The van der Waals surface area contributed by atoms with Gasteiger partial charge in [0, 0.05) is 6.07 Å². The number of hydrazine groups is 1. The van der Waals surface area contributed by atoms with Gasteiger partial charge >= 0.3 is 0 Å². The zero-order valence-electron chi connectivity index (χ0n) is 13.1. The van der Waals surface area contributed by atoms with Crippen LogP contribution in [0, 0.1) is 17.0 Å². The number of nitrogens with zero attached hydrogens (tertiary/aromatic N) is 1. The normalized spacial score (nSPS) is 10.9. The first kappa shape index (κ1) is 18.4. The van der Waals surface area contributed by atoms with Crippen molar-refractivity contribution in [3.63, 3.8) is 0 Å². The Labute approximate surface area is 143 Å². The second-order valence-corrected chi connectivity index (χ2v) is 6.63. The molecule has 0 bridgehead atoms. The third kappa shape index (κ3) is 4.99. The van der Waals surface area contributed by atoms with Crippen LogP contribution in [0.2, 0.25) is 0 Å². The summed E-state index contributed by atoms with van der Waals surface area (Å²) in [6.45, 7) is 1.47. The summed E-state index contributed by atoms with van der Waals surface area (Å²) in [5.41, 5.74) is 2.37. The average molecular weight is 365 g/mol. The number of hydrogen-bond acceptors (Lipinski definition) is 6. The van der Waals surface area contributed by atoms with Crippen molar-refractivity contribution in [1.82, 2.24) is 10.3 Å². The van der Waals surface area contributed by atoms with Gasteiger partial charge in [-0.1, -0.05) is 29.8 Å². The van der Waals surface area contributed by atoms with Crippen LogP contribution < -0.4 is 15.0 Å². The molecule has 2 aromatic carbocycles. The molecule has 0 saturated carbocycles. The summed E-state index contributed by atoms with van der Waals surface area (Å²) in [5.74, 6) is -0.315. The minimum absolute atomic E-state index is 0.428. The zero-order chi connectivity index (χ0) is 18.4. The first-order chi connectivity index (χ1) is 11.8. The van der Waals surface area contributed by atoms with Crippen LogP contribution >= 0.6 is 0 Å². The highest BCUT2D eigenvalue weighted by Crippen LogP contribution is 2.22. The van der Waals surface area contributed by atoms with E-state index < -0.39 is 38.0 Å². The molecule has 0 atom stereocenters. The fourth-order valence-corrected chi connectivity index (χ4v) is 2.87. The molecule has 0 spiro atoms. The molecule has 0 aromatic heterocycles. The molecule has 2 N–H and O–H groups in total. The molecule has 9 nitrogen and oxygen atoms in total. The molecular formula is C15H15N3O6S. The van der Waals surface area contributed by atoms with E-state index in [4.69, 9.17) is 4.74 Å². The highest BCUT2D eigenvalue weighted by molar-refractivity contribution is 7.89. The van der Waals surface area contributed by atoms with Crippen LogP contribution in [0.5, 0.6) is 5.75 Å². The van der Waals surface area contributed by atoms with E-state index in [0.717, 1.165) is 17.7 Å². The lowest BCUT2D eigenvalue weighted by atomic mass is 10.2. The molecule has 1 amide bonds. The quantitative estimate of drug-likeness (QED) is 0.562. The van der Waals surface area contributed by atoms with E-state index in [-0.39, 0.29) is 0 Å². The Morgan fingerprint density at radius 2 is 1.80 bits per heavy atom. The molecular weight excluding hydrogens is 350 g/mol. The topological polar surface area (TPSA) is 128 Å². The number of para-hydroxylation sites is 1. The summed E-state index contributed by atoms with van der Waals surface area (Å²) < 4.78 is 29.4. The van der Waals surface area contributed by atoms with Gasteiger partial charge in [-0.05, 0) is 25.1 Å². The average Bonchev–Trinajstić information content (AvgIpc) is 2.59. The van der Waals surface area contributed by atoms with Crippen LogP contribution in [0.25, 0.3) is 0 Å². The Morgan fingerprint density at radius 3 is 2.44 bits per heavy atom. The Hall–Kier alpha value is -2.98. The fraction of sp³-hybridized carbons (Fsp3) is 0.133. The summed E-state index contributed by atoms with van der Waals surface area (Å²) in [6, 6.07) is 11.7. The van der Waals surface area contributed by atoms with Crippen molar-refractivity contribution < 1.29 is 22.9 Å². The molecule has 25 heavy (non-hydrogen) atoms. The Morgan fingerprint density at radius 1 is 1.16 bits per heavy atom. The lowest BCUT2D eigenvalue weighted by molar-refractivity contribution is -0.387. The van der Waals surface area contributed by atoms with Crippen molar-refractivity contribution >= 4 is 21.6 Å². The number of carbonyl (C=O) groups excluding carboxylic acids is 1. The minimum Gasteiger partial charge on any atom is -0.484 e. The van der Waals surface area contributed by atoms with Gasteiger partial charge in [0.15, 0.2) is 11.5 Å². The number of benzene rings is 2.